The molecule has 8 heteroatoms. The number of amides is 2. The summed E-state index contributed by atoms with van der Waals surface area (Å²) in [5.74, 6) is -1.29. The topological polar surface area (TPSA) is 82.9 Å². The first kappa shape index (κ1) is 19.4. The van der Waals surface area contributed by atoms with Crippen LogP contribution in [-0.4, -0.2) is 24.2 Å². The lowest BCUT2D eigenvalue weighted by Gasteiger charge is -2.01. The van der Waals surface area contributed by atoms with Crippen LogP contribution in [0.2, 0.25) is 0 Å². The number of nitrogens with zero attached hydrogens (tertiary/aromatic N) is 2. The molecule has 138 valence electrons. The average molecular weight is 492 g/mol. The summed E-state index contributed by atoms with van der Waals surface area (Å²) in [5.41, 5.74) is 6.66. The highest BCUT2D eigenvalue weighted by atomic mass is 79.9. The van der Waals surface area contributed by atoms with Gasteiger partial charge < -0.3 is 0 Å². The average Bonchev–Trinajstić information content (AvgIpc) is 3.46. The minimum Gasteiger partial charge on any atom is -0.273 e. The molecule has 2 N–H and O–H groups in total. The predicted molar refractivity (Wildman–Crippen MR) is 111 cm³/mol. The van der Waals surface area contributed by atoms with E-state index in [0.29, 0.717) is 6.42 Å². The highest BCUT2D eigenvalue weighted by Gasteiger charge is 2.48. The number of hydrogen-bond acceptors (Lipinski definition) is 4. The van der Waals surface area contributed by atoms with Gasteiger partial charge in [-0.3, -0.25) is 9.59 Å². The zero-order chi connectivity index (χ0) is 19.2. The Labute approximate surface area is 173 Å². The number of carbonyl (C=O) groups is 2. The molecule has 2 amide bonds. The quantitative estimate of drug-likeness (QED) is 0.479. The fraction of sp³-hybridized carbons (Fsp3) is 0.158. The second kappa shape index (κ2) is 9.05. The fourth-order valence-corrected chi connectivity index (χ4v) is 3.21. The molecule has 0 bridgehead atoms. The first-order valence-corrected chi connectivity index (χ1v) is 9.80. The molecule has 0 heterocycles. The SMILES string of the molecule is O=C(N/N=C\c1ccccc1Br)[C@@H]1C[C@H]1C(=O)N/N=C\c1ccccc1Br. The van der Waals surface area contributed by atoms with Crippen molar-refractivity contribution >= 4 is 56.1 Å². The highest BCUT2D eigenvalue weighted by Crippen LogP contribution is 2.38. The van der Waals surface area contributed by atoms with Crippen LogP contribution >= 0.6 is 31.9 Å². The van der Waals surface area contributed by atoms with Gasteiger partial charge in [-0.15, -0.1) is 0 Å². The van der Waals surface area contributed by atoms with Gasteiger partial charge in [0.25, 0.3) is 0 Å². The van der Waals surface area contributed by atoms with Gasteiger partial charge in [0, 0.05) is 20.1 Å². The summed E-state index contributed by atoms with van der Waals surface area (Å²) in [6, 6.07) is 15.1. The van der Waals surface area contributed by atoms with E-state index in [1.165, 1.54) is 0 Å². The molecule has 1 aliphatic carbocycles. The van der Waals surface area contributed by atoms with Crippen molar-refractivity contribution in [1.82, 2.24) is 10.9 Å². The van der Waals surface area contributed by atoms with Gasteiger partial charge in [0.05, 0.1) is 24.3 Å². The number of benzene rings is 2. The predicted octanol–water partition coefficient (Wildman–Crippen LogP) is 3.45. The number of halogens is 2. The third kappa shape index (κ3) is 5.33. The van der Waals surface area contributed by atoms with Crippen molar-refractivity contribution < 1.29 is 9.59 Å². The number of rotatable bonds is 6. The molecule has 0 unspecified atom stereocenters. The van der Waals surface area contributed by atoms with Crippen molar-refractivity contribution in [3.05, 3.63) is 68.6 Å². The van der Waals surface area contributed by atoms with E-state index in [4.69, 9.17) is 0 Å². The van der Waals surface area contributed by atoms with E-state index >= 15 is 0 Å². The van der Waals surface area contributed by atoms with E-state index in [2.05, 4.69) is 52.9 Å². The molecular weight excluding hydrogens is 476 g/mol. The maximum atomic E-state index is 12.1. The first-order chi connectivity index (χ1) is 13.1. The summed E-state index contributed by atoms with van der Waals surface area (Å²) in [6.45, 7) is 0. The molecule has 3 rings (SSSR count). The van der Waals surface area contributed by atoms with Crippen LogP contribution in [0.4, 0.5) is 0 Å². The lowest BCUT2D eigenvalue weighted by molar-refractivity contribution is -0.127. The highest BCUT2D eigenvalue weighted by molar-refractivity contribution is 9.10. The summed E-state index contributed by atoms with van der Waals surface area (Å²) in [5, 5.41) is 7.90. The Bertz CT molecular complexity index is 841. The van der Waals surface area contributed by atoms with Gasteiger partial charge in [-0.1, -0.05) is 68.3 Å². The van der Waals surface area contributed by atoms with Crippen molar-refractivity contribution in [2.24, 2.45) is 22.0 Å². The molecule has 2 aromatic rings. The number of carbonyl (C=O) groups excluding carboxylic acids is 2. The Morgan fingerprint density at radius 3 is 1.63 bits per heavy atom. The molecule has 2 atom stereocenters. The Morgan fingerprint density at radius 1 is 0.815 bits per heavy atom. The third-order valence-electron chi connectivity index (χ3n) is 4.03. The van der Waals surface area contributed by atoms with E-state index in [1.54, 1.807) is 12.4 Å². The Hall–Kier alpha value is -2.32. The first-order valence-electron chi connectivity index (χ1n) is 8.21. The Balaban J connectivity index is 1.46. The lowest BCUT2D eigenvalue weighted by Crippen LogP contribution is -2.25. The molecule has 0 radical (unpaired) electrons. The maximum absolute atomic E-state index is 12.1. The minimum absolute atomic E-state index is 0.270. The third-order valence-corrected chi connectivity index (χ3v) is 5.48. The molecule has 0 spiro atoms. The van der Waals surface area contributed by atoms with E-state index in [0.717, 1.165) is 20.1 Å². The van der Waals surface area contributed by atoms with Crippen LogP contribution in [0.3, 0.4) is 0 Å². The van der Waals surface area contributed by atoms with Gasteiger partial charge >= 0.3 is 0 Å². The van der Waals surface area contributed by atoms with Gasteiger partial charge in [-0.25, -0.2) is 10.9 Å². The van der Waals surface area contributed by atoms with Crippen molar-refractivity contribution in [2.45, 2.75) is 6.42 Å². The summed E-state index contributed by atoms with van der Waals surface area (Å²) < 4.78 is 1.77. The molecule has 0 aliphatic heterocycles. The van der Waals surface area contributed by atoms with E-state index in [1.807, 2.05) is 48.5 Å². The van der Waals surface area contributed by atoms with E-state index in [-0.39, 0.29) is 23.7 Å². The number of nitrogens with one attached hydrogen (secondary N) is 2. The molecule has 0 saturated heterocycles. The van der Waals surface area contributed by atoms with Crippen LogP contribution in [0, 0.1) is 11.8 Å². The van der Waals surface area contributed by atoms with Gasteiger partial charge in [0.2, 0.25) is 11.8 Å². The summed E-state index contributed by atoms with van der Waals surface area (Å²) in [7, 11) is 0. The molecule has 27 heavy (non-hydrogen) atoms. The van der Waals surface area contributed by atoms with Crippen molar-refractivity contribution in [1.29, 1.82) is 0 Å². The van der Waals surface area contributed by atoms with E-state index < -0.39 is 0 Å². The zero-order valence-corrected chi connectivity index (χ0v) is 17.3. The van der Waals surface area contributed by atoms with E-state index in [9.17, 15) is 9.59 Å². The molecular formula is C19H16Br2N4O2. The fourth-order valence-electron chi connectivity index (χ4n) is 2.43. The van der Waals surface area contributed by atoms with Gasteiger partial charge in [-0.05, 0) is 18.6 Å². The lowest BCUT2D eigenvalue weighted by atomic mass is 10.2. The smallest absolute Gasteiger partial charge is 0.244 e. The van der Waals surface area contributed by atoms with Crippen molar-refractivity contribution in [3.63, 3.8) is 0 Å². The minimum atomic E-state index is -0.375. The normalized spacial score (nSPS) is 18.6. The summed E-state index contributed by atoms with van der Waals surface area (Å²) >= 11 is 6.81. The summed E-state index contributed by atoms with van der Waals surface area (Å²) in [4.78, 5) is 24.1. The van der Waals surface area contributed by atoms with Crippen molar-refractivity contribution in [2.75, 3.05) is 0 Å². The van der Waals surface area contributed by atoms with Crippen LogP contribution in [0.1, 0.15) is 17.5 Å². The van der Waals surface area contributed by atoms with Crippen LogP contribution in [0.25, 0.3) is 0 Å². The molecule has 2 aromatic carbocycles. The molecule has 1 saturated carbocycles. The maximum Gasteiger partial charge on any atom is 0.244 e. The number of hydrazone groups is 2. The number of hydrogen-bond donors (Lipinski definition) is 2. The van der Waals surface area contributed by atoms with Crippen LogP contribution in [-0.2, 0) is 9.59 Å². The molecule has 1 aliphatic rings. The monoisotopic (exact) mass is 490 g/mol. The van der Waals surface area contributed by atoms with Crippen LogP contribution in [0.15, 0.2) is 67.7 Å². The second-order valence-electron chi connectivity index (χ2n) is 5.96. The standard InChI is InChI=1S/C19H16Br2N4O2/c20-16-7-3-1-5-12(16)10-22-24-18(26)14-9-15(14)19(27)25-23-11-13-6-2-4-8-17(13)21/h1-8,10-11,14-15H,9H2,(H,24,26)(H,25,27)/b22-10-,23-11-/t14-,15-/m1/s1. The molecule has 0 aromatic heterocycles. The largest absolute Gasteiger partial charge is 0.273 e. The second-order valence-corrected chi connectivity index (χ2v) is 7.67. The van der Waals surface area contributed by atoms with Gasteiger partial charge in [0.1, 0.15) is 0 Å². The van der Waals surface area contributed by atoms with Crippen LogP contribution < -0.4 is 10.9 Å². The molecule has 1 fully saturated rings. The molecule has 6 nitrogen and oxygen atoms in total. The zero-order valence-electron chi connectivity index (χ0n) is 14.1. The van der Waals surface area contributed by atoms with Gasteiger partial charge in [-0.2, -0.15) is 10.2 Å². The Morgan fingerprint density at radius 2 is 1.22 bits per heavy atom. The van der Waals surface area contributed by atoms with Crippen molar-refractivity contribution in [3.8, 4) is 0 Å². The summed E-state index contributed by atoms with van der Waals surface area (Å²) in [6.07, 6.45) is 3.61. The Kier molecular flexibility index (Phi) is 6.52. The van der Waals surface area contributed by atoms with Crippen LogP contribution in [0.5, 0.6) is 0 Å². The van der Waals surface area contributed by atoms with Gasteiger partial charge in [0.15, 0.2) is 0 Å².